The summed E-state index contributed by atoms with van der Waals surface area (Å²) in [6.45, 7) is 2.09. The summed E-state index contributed by atoms with van der Waals surface area (Å²) in [5, 5.41) is 0. The van der Waals surface area contributed by atoms with Crippen molar-refractivity contribution in [2.24, 2.45) is 5.92 Å². The Bertz CT molecular complexity index is 430. The van der Waals surface area contributed by atoms with E-state index < -0.39 is 12.0 Å². The lowest BCUT2D eigenvalue weighted by atomic mass is 9.93. The maximum atomic E-state index is 12.3. The van der Waals surface area contributed by atoms with Crippen LogP contribution in [0.2, 0.25) is 0 Å². The normalized spacial score (nSPS) is 23.6. The van der Waals surface area contributed by atoms with E-state index in [9.17, 15) is 14.4 Å². The summed E-state index contributed by atoms with van der Waals surface area (Å²) in [7, 11) is 1.33. The van der Waals surface area contributed by atoms with Crippen molar-refractivity contribution < 1.29 is 23.9 Å². The van der Waals surface area contributed by atoms with Crippen molar-refractivity contribution in [2.45, 2.75) is 64.0 Å². The van der Waals surface area contributed by atoms with E-state index in [1.807, 2.05) is 0 Å². The number of rotatable bonds is 6. The number of nitrogens with zero attached hydrogens (tertiary/aromatic N) is 1. The summed E-state index contributed by atoms with van der Waals surface area (Å²) in [5.41, 5.74) is 0. The van der Waals surface area contributed by atoms with E-state index in [4.69, 9.17) is 9.47 Å². The Morgan fingerprint density at radius 2 is 1.95 bits per heavy atom. The van der Waals surface area contributed by atoms with Crippen molar-refractivity contribution in [1.29, 1.82) is 0 Å². The molecule has 0 N–H and O–H groups in total. The molecular weight excluding hydrogens is 286 g/mol. The average molecular weight is 311 g/mol. The monoisotopic (exact) mass is 311 g/mol. The van der Waals surface area contributed by atoms with E-state index in [-0.39, 0.29) is 30.3 Å². The van der Waals surface area contributed by atoms with Crippen molar-refractivity contribution in [2.75, 3.05) is 13.7 Å². The third kappa shape index (κ3) is 3.59. The van der Waals surface area contributed by atoms with E-state index in [1.54, 1.807) is 11.8 Å². The zero-order valence-corrected chi connectivity index (χ0v) is 13.4. The molecule has 2 aliphatic rings. The van der Waals surface area contributed by atoms with Crippen molar-refractivity contribution >= 4 is 17.8 Å². The van der Waals surface area contributed by atoms with Gasteiger partial charge in [-0.05, 0) is 32.1 Å². The van der Waals surface area contributed by atoms with E-state index >= 15 is 0 Å². The molecule has 0 aromatic heterocycles. The van der Waals surface area contributed by atoms with Crippen LogP contribution in [0.4, 0.5) is 0 Å². The summed E-state index contributed by atoms with van der Waals surface area (Å²) < 4.78 is 9.88. The number of esters is 2. The van der Waals surface area contributed by atoms with Gasteiger partial charge in [0.25, 0.3) is 0 Å². The SMILES string of the molecule is CCOC(=O)CC(C1CCCC1)N1C(=O)CCC1C(=O)OC. The minimum Gasteiger partial charge on any atom is -0.467 e. The fourth-order valence-corrected chi connectivity index (χ4v) is 3.71. The van der Waals surface area contributed by atoms with Crippen LogP contribution in [0.5, 0.6) is 0 Å². The third-order valence-corrected chi connectivity index (χ3v) is 4.71. The number of hydrogen-bond donors (Lipinski definition) is 0. The first kappa shape index (κ1) is 16.8. The van der Waals surface area contributed by atoms with Gasteiger partial charge in [-0.2, -0.15) is 0 Å². The van der Waals surface area contributed by atoms with E-state index in [2.05, 4.69) is 0 Å². The van der Waals surface area contributed by atoms with Gasteiger partial charge in [0.1, 0.15) is 6.04 Å². The van der Waals surface area contributed by atoms with E-state index in [0.29, 0.717) is 19.4 Å². The number of methoxy groups -OCH3 is 1. The highest BCUT2D eigenvalue weighted by molar-refractivity contribution is 5.89. The van der Waals surface area contributed by atoms with Crippen molar-refractivity contribution in [3.05, 3.63) is 0 Å². The average Bonchev–Trinajstić information content (AvgIpc) is 3.14. The molecule has 1 saturated heterocycles. The number of hydrogen-bond acceptors (Lipinski definition) is 5. The Morgan fingerprint density at radius 1 is 1.27 bits per heavy atom. The van der Waals surface area contributed by atoms with Gasteiger partial charge in [-0.3, -0.25) is 9.59 Å². The quantitative estimate of drug-likeness (QED) is 0.698. The van der Waals surface area contributed by atoms with Gasteiger partial charge >= 0.3 is 11.9 Å². The smallest absolute Gasteiger partial charge is 0.328 e. The second-order valence-corrected chi connectivity index (χ2v) is 6.00. The standard InChI is InChI=1S/C16H25NO5/c1-3-22-15(19)10-13(11-6-4-5-7-11)17-12(16(20)21-2)8-9-14(17)18/h11-13H,3-10H2,1-2H3. The highest BCUT2D eigenvalue weighted by Crippen LogP contribution is 2.36. The predicted octanol–water partition coefficient (Wildman–Crippen LogP) is 1.66. The molecule has 2 rings (SSSR count). The Labute approximate surface area is 131 Å². The summed E-state index contributed by atoms with van der Waals surface area (Å²) in [4.78, 5) is 37.8. The van der Waals surface area contributed by atoms with Crippen LogP contribution in [0, 0.1) is 5.92 Å². The van der Waals surface area contributed by atoms with Crippen LogP contribution in [0.25, 0.3) is 0 Å². The topological polar surface area (TPSA) is 72.9 Å². The Hall–Kier alpha value is -1.59. The van der Waals surface area contributed by atoms with Crippen LogP contribution in [0.15, 0.2) is 0 Å². The summed E-state index contributed by atoms with van der Waals surface area (Å²) in [6, 6.07) is -0.807. The zero-order chi connectivity index (χ0) is 16.1. The number of carbonyl (C=O) groups excluding carboxylic acids is 3. The second-order valence-electron chi connectivity index (χ2n) is 6.00. The van der Waals surface area contributed by atoms with Crippen molar-refractivity contribution in [1.82, 2.24) is 4.90 Å². The molecule has 6 nitrogen and oxygen atoms in total. The molecule has 0 radical (unpaired) electrons. The number of amides is 1. The summed E-state index contributed by atoms with van der Waals surface area (Å²) in [5.74, 6) is -0.490. The first-order valence-electron chi connectivity index (χ1n) is 8.13. The molecule has 0 spiro atoms. The molecule has 2 fully saturated rings. The molecule has 124 valence electrons. The predicted molar refractivity (Wildman–Crippen MR) is 78.9 cm³/mol. The lowest BCUT2D eigenvalue weighted by Gasteiger charge is -2.35. The summed E-state index contributed by atoms with van der Waals surface area (Å²) >= 11 is 0. The maximum Gasteiger partial charge on any atom is 0.328 e. The molecule has 22 heavy (non-hydrogen) atoms. The van der Waals surface area contributed by atoms with Gasteiger partial charge in [0, 0.05) is 12.5 Å². The molecular formula is C16H25NO5. The van der Waals surface area contributed by atoms with Gasteiger partial charge in [0.2, 0.25) is 5.91 Å². The van der Waals surface area contributed by atoms with E-state index in [0.717, 1.165) is 25.7 Å². The molecule has 0 bridgehead atoms. The van der Waals surface area contributed by atoms with Gasteiger partial charge in [0.05, 0.1) is 20.1 Å². The summed E-state index contributed by atoms with van der Waals surface area (Å²) in [6.07, 6.45) is 5.16. The van der Waals surface area contributed by atoms with Gasteiger partial charge in [-0.25, -0.2) is 4.79 Å². The molecule has 1 heterocycles. The maximum absolute atomic E-state index is 12.3. The molecule has 0 aromatic carbocycles. The Balaban J connectivity index is 2.19. The zero-order valence-electron chi connectivity index (χ0n) is 13.4. The van der Waals surface area contributed by atoms with Gasteiger partial charge in [-0.15, -0.1) is 0 Å². The fraction of sp³-hybridized carbons (Fsp3) is 0.812. The van der Waals surface area contributed by atoms with Gasteiger partial charge in [-0.1, -0.05) is 12.8 Å². The molecule has 1 aliphatic heterocycles. The lowest BCUT2D eigenvalue weighted by molar-refractivity contribution is -0.154. The largest absolute Gasteiger partial charge is 0.467 e. The number of ether oxygens (including phenoxy) is 2. The molecule has 1 aliphatic carbocycles. The van der Waals surface area contributed by atoms with Crippen LogP contribution in [-0.4, -0.2) is 48.5 Å². The molecule has 1 saturated carbocycles. The first-order chi connectivity index (χ1) is 10.6. The third-order valence-electron chi connectivity index (χ3n) is 4.71. The highest BCUT2D eigenvalue weighted by atomic mass is 16.5. The van der Waals surface area contributed by atoms with Gasteiger partial charge in [0.15, 0.2) is 0 Å². The number of likely N-dealkylation sites (tertiary alicyclic amines) is 1. The van der Waals surface area contributed by atoms with Crippen LogP contribution in [0.1, 0.15) is 51.9 Å². The van der Waals surface area contributed by atoms with Crippen molar-refractivity contribution in [3.63, 3.8) is 0 Å². The Kier molecular flexibility index (Phi) is 5.80. The van der Waals surface area contributed by atoms with Gasteiger partial charge < -0.3 is 14.4 Å². The van der Waals surface area contributed by atoms with E-state index in [1.165, 1.54) is 7.11 Å². The van der Waals surface area contributed by atoms with Crippen LogP contribution >= 0.6 is 0 Å². The first-order valence-corrected chi connectivity index (χ1v) is 8.13. The fourth-order valence-electron chi connectivity index (χ4n) is 3.71. The van der Waals surface area contributed by atoms with Crippen LogP contribution in [-0.2, 0) is 23.9 Å². The minimum absolute atomic E-state index is 0.0587. The molecule has 2 atom stereocenters. The molecule has 0 aromatic rings. The van der Waals surface area contributed by atoms with Crippen LogP contribution < -0.4 is 0 Å². The molecule has 6 heteroatoms. The minimum atomic E-state index is -0.558. The lowest BCUT2D eigenvalue weighted by Crippen LogP contribution is -2.49. The highest BCUT2D eigenvalue weighted by Gasteiger charge is 2.44. The molecule has 1 amide bonds. The van der Waals surface area contributed by atoms with Crippen molar-refractivity contribution in [3.8, 4) is 0 Å². The Morgan fingerprint density at radius 3 is 2.55 bits per heavy atom. The second kappa shape index (κ2) is 7.61. The molecule has 2 unspecified atom stereocenters. The van der Waals surface area contributed by atoms with Crippen LogP contribution in [0.3, 0.4) is 0 Å². The number of carbonyl (C=O) groups is 3.